The van der Waals surface area contributed by atoms with Gasteiger partial charge in [-0.1, -0.05) is 42.1 Å². The predicted octanol–water partition coefficient (Wildman–Crippen LogP) is 3.11. The number of fused-ring (bicyclic) bond motifs is 5. The maximum Gasteiger partial charge on any atom is 0.263 e. The van der Waals surface area contributed by atoms with E-state index in [0.717, 1.165) is 29.5 Å². The summed E-state index contributed by atoms with van der Waals surface area (Å²) in [4.78, 5) is 27.5. The lowest BCUT2D eigenvalue weighted by Gasteiger charge is -2.05. The number of ketones is 1. The number of carbonyl (C=O) groups excluding carboxylic acids is 1. The first-order valence-electron chi connectivity index (χ1n) is 8.74. The molecule has 3 aromatic heterocycles. The van der Waals surface area contributed by atoms with Gasteiger partial charge in [-0.3, -0.25) is 14.2 Å². The summed E-state index contributed by atoms with van der Waals surface area (Å²) >= 11 is 3.02. The van der Waals surface area contributed by atoms with Gasteiger partial charge in [0.2, 0.25) is 5.78 Å². The van der Waals surface area contributed by atoms with Gasteiger partial charge in [0.1, 0.15) is 4.83 Å². The minimum atomic E-state index is -0.0128. The number of Topliss-reactive ketones (excluding diaryl/α,β-unsaturated/α-hetero) is 1. The maximum absolute atomic E-state index is 12.9. The second kappa shape index (κ2) is 6.31. The number of benzene rings is 1. The van der Waals surface area contributed by atoms with Gasteiger partial charge in [0.25, 0.3) is 5.56 Å². The molecule has 0 N–H and O–H groups in total. The quantitative estimate of drug-likeness (QED) is 0.392. The van der Waals surface area contributed by atoms with E-state index in [-0.39, 0.29) is 17.1 Å². The number of thiophene rings is 1. The molecular formula is C19H16N4O2S2. The first-order valence-corrected chi connectivity index (χ1v) is 10.5. The van der Waals surface area contributed by atoms with E-state index >= 15 is 0 Å². The standard InChI is InChI=1S/C19H16N4O2S2/c1-22-16(25)15-12-8-5-9-14(12)27-17(15)23-18(22)20-21-19(23)26-10-13(24)11-6-3-2-4-7-11/h2-4,6-7H,5,8-10H2,1H3. The van der Waals surface area contributed by atoms with Crippen molar-refractivity contribution in [1.82, 2.24) is 19.2 Å². The first kappa shape index (κ1) is 16.7. The average Bonchev–Trinajstić information content (AvgIpc) is 3.38. The fourth-order valence-corrected chi connectivity index (χ4v) is 5.88. The van der Waals surface area contributed by atoms with Crippen LogP contribution in [0.25, 0.3) is 16.0 Å². The van der Waals surface area contributed by atoms with Crippen LogP contribution < -0.4 is 5.56 Å². The summed E-state index contributed by atoms with van der Waals surface area (Å²) in [5.74, 6) is 0.842. The molecule has 1 aromatic carbocycles. The van der Waals surface area contributed by atoms with Gasteiger partial charge in [-0.05, 0) is 24.8 Å². The fraction of sp³-hybridized carbons (Fsp3) is 0.263. The Kier molecular flexibility index (Phi) is 3.91. The van der Waals surface area contributed by atoms with Crippen molar-refractivity contribution in [3.8, 4) is 0 Å². The van der Waals surface area contributed by atoms with Crippen molar-refractivity contribution in [1.29, 1.82) is 0 Å². The predicted molar refractivity (Wildman–Crippen MR) is 107 cm³/mol. The molecule has 0 bridgehead atoms. The van der Waals surface area contributed by atoms with Crippen molar-refractivity contribution in [3.05, 3.63) is 56.7 Å². The van der Waals surface area contributed by atoms with Crippen LogP contribution in [0.1, 0.15) is 27.2 Å². The summed E-state index contributed by atoms with van der Waals surface area (Å²) in [6.45, 7) is 0. The van der Waals surface area contributed by atoms with Crippen molar-refractivity contribution in [2.45, 2.75) is 24.4 Å². The smallest absolute Gasteiger partial charge is 0.263 e. The molecule has 5 rings (SSSR count). The molecule has 1 aliphatic rings. The highest BCUT2D eigenvalue weighted by molar-refractivity contribution is 7.99. The zero-order chi connectivity index (χ0) is 18.5. The lowest BCUT2D eigenvalue weighted by atomic mass is 10.2. The van der Waals surface area contributed by atoms with Gasteiger partial charge < -0.3 is 0 Å². The van der Waals surface area contributed by atoms with E-state index in [2.05, 4.69) is 10.2 Å². The highest BCUT2D eigenvalue weighted by Crippen LogP contribution is 2.36. The topological polar surface area (TPSA) is 69.3 Å². The van der Waals surface area contributed by atoms with Crippen LogP contribution in [0.3, 0.4) is 0 Å². The molecule has 0 spiro atoms. The van der Waals surface area contributed by atoms with Crippen LogP contribution in [0, 0.1) is 0 Å². The van der Waals surface area contributed by atoms with Gasteiger partial charge in [-0.25, -0.2) is 4.40 Å². The van der Waals surface area contributed by atoms with Crippen molar-refractivity contribution in [2.75, 3.05) is 5.75 Å². The monoisotopic (exact) mass is 396 g/mol. The van der Waals surface area contributed by atoms with E-state index in [9.17, 15) is 9.59 Å². The molecule has 8 heteroatoms. The third-order valence-corrected chi connectivity index (χ3v) is 7.17. The van der Waals surface area contributed by atoms with Gasteiger partial charge in [-0.2, -0.15) is 0 Å². The number of hydrogen-bond donors (Lipinski definition) is 0. The first-order chi connectivity index (χ1) is 13.1. The zero-order valence-corrected chi connectivity index (χ0v) is 16.3. The summed E-state index contributed by atoms with van der Waals surface area (Å²) in [6, 6.07) is 9.24. The Bertz CT molecular complexity index is 1250. The molecule has 0 radical (unpaired) electrons. The van der Waals surface area contributed by atoms with Gasteiger partial charge in [0.05, 0.1) is 11.1 Å². The second-order valence-electron chi connectivity index (χ2n) is 6.60. The Morgan fingerprint density at radius 3 is 2.85 bits per heavy atom. The summed E-state index contributed by atoms with van der Waals surface area (Å²) < 4.78 is 3.49. The minimum absolute atomic E-state index is 0.0128. The van der Waals surface area contributed by atoms with E-state index in [4.69, 9.17) is 0 Å². The zero-order valence-electron chi connectivity index (χ0n) is 14.6. The van der Waals surface area contributed by atoms with Gasteiger partial charge >= 0.3 is 0 Å². The van der Waals surface area contributed by atoms with Crippen LogP contribution >= 0.6 is 23.1 Å². The van der Waals surface area contributed by atoms with Crippen LogP contribution in [0.2, 0.25) is 0 Å². The molecule has 0 saturated heterocycles. The summed E-state index contributed by atoms with van der Waals surface area (Å²) in [5.41, 5.74) is 1.86. The summed E-state index contributed by atoms with van der Waals surface area (Å²) in [5, 5.41) is 9.92. The number of nitrogens with zero attached hydrogens (tertiary/aromatic N) is 4. The van der Waals surface area contributed by atoms with E-state index in [0.29, 0.717) is 16.5 Å². The number of carbonyl (C=O) groups is 1. The number of aromatic nitrogens is 4. The number of aryl methyl sites for hydroxylation is 3. The Balaban J connectivity index is 1.60. The van der Waals surface area contributed by atoms with Crippen LogP contribution in [0.15, 0.2) is 40.3 Å². The van der Waals surface area contributed by atoms with Crippen molar-refractivity contribution >= 4 is 44.9 Å². The third-order valence-electron chi connectivity index (χ3n) is 4.97. The molecule has 1 aliphatic carbocycles. The minimum Gasteiger partial charge on any atom is -0.293 e. The van der Waals surface area contributed by atoms with Crippen LogP contribution in [-0.4, -0.2) is 30.7 Å². The number of rotatable bonds is 4. The molecule has 4 aromatic rings. The molecule has 0 unspecified atom stereocenters. The number of thioether (sulfide) groups is 1. The Labute approximate surface area is 162 Å². The van der Waals surface area contributed by atoms with Gasteiger partial charge in [0.15, 0.2) is 10.9 Å². The third kappa shape index (κ3) is 2.55. The molecule has 6 nitrogen and oxygen atoms in total. The van der Waals surface area contributed by atoms with Crippen LogP contribution in [0.4, 0.5) is 0 Å². The van der Waals surface area contributed by atoms with Gasteiger partial charge in [0, 0.05) is 17.5 Å². The largest absolute Gasteiger partial charge is 0.293 e. The highest BCUT2D eigenvalue weighted by Gasteiger charge is 2.25. The Hall–Kier alpha value is -2.45. The normalized spacial score (nSPS) is 13.5. The van der Waals surface area contributed by atoms with Crippen LogP contribution in [-0.2, 0) is 19.9 Å². The Morgan fingerprint density at radius 2 is 2.04 bits per heavy atom. The second-order valence-corrected chi connectivity index (χ2v) is 8.62. The average molecular weight is 396 g/mol. The van der Waals surface area contributed by atoms with E-state index in [1.54, 1.807) is 23.0 Å². The summed E-state index contributed by atoms with van der Waals surface area (Å²) in [6.07, 6.45) is 3.08. The molecule has 27 heavy (non-hydrogen) atoms. The van der Waals surface area contributed by atoms with Crippen molar-refractivity contribution in [2.24, 2.45) is 7.05 Å². The molecule has 0 amide bonds. The van der Waals surface area contributed by atoms with Crippen molar-refractivity contribution < 1.29 is 4.79 Å². The fourth-order valence-electron chi connectivity index (χ4n) is 3.61. The lowest BCUT2D eigenvalue weighted by Crippen LogP contribution is -2.20. The SMILES string of the molecule is Cn1c(=O)c2c3c(sc2n2c(SCC(=O)c4ccccc4)nnc12)CCC3. The van der Waals surface area contributed by atoms with E-state index in [1.165, 1.54) is 22.2 Å². The van der Waals surface area contributed by atoms with E-state index < -0.39 is 0 Å². The van der Waals surface area contributed by atoms with E-state index in [1.807, 2.05) is 34.7 Å². The van der Waals surface area contributed by atoms with Gasteiger partial charge in [-0.15, -0.1) is 21.5 Å². The molecular weight excluding hydrogens is 380 g/mol. The number of hydrogen-bond acceptors (Lipinski definition) is 6. The molecule has 0 saturated carbocycles. The molecule has 3 heterocycles. The molecule has 136 valence electrons. The molecule has 0 aliphatic heterocycles. The highest BCUT2D eigenvalue weighted by atomic mass is 32.2. The maximum atomic E-state index is 12.9. The molecule has 0 fully saturated rings. The summed E-state index contributed by atoms with van der Waals surface area (Å²) in [7, 11) is 1.73. The van der Waals surface area contributed by atoms with Crippen molar-refractivity contribution in [3.63, 3.8) is 0 Å². The Morgan fingerprint density at radius 1 is 1.22 bits per heavy atom. The van der Waals surface area contributed by atoms with Crippen LogP contribution in [0.5, 0.6) is 0 Å². The lowest BCUT2D eigenvalue weighted by molar-refractivity contribution is 0.102. The molecule has 0 atom stereocenters.